The van der Waals surface area contributed by atoms with E-state index in [1.165, 1.54) is 6.92 Å². The quantitative estimate of drug-likeness (QED) is 0.386. The van der Waals surface area contributed by atoms with Gasteiger partial charge >= 0.3 is 5.97 Å². The normalized spacial score (nSPS) is 11.5. The lowest BCUT2D eigenvalue weighted by Gasteiger charge is -2.15. The molecule has 0 aliphatic heterocycles. The number of aryl methyl sites for hydroxylation is 1. The molecule has 6 nitrogen and oxygen atoms in total. The Hall–Kier alpha value is -3.25. The van der Waals surface area contributed by atoms with Crippen molar-refractivity contribution in [1.82, 2.24) is 9.97 Å². The second kappa shape index (κ2) is 9.71. The first-order valence-electron chi connectivity index (χ1n) is 9.82. The van der Waals surface area contributed by atoms with Crippen LogP contribution in [0.15, 0.2) is 48.2 Å². The SMILES string of the molecule is C/C=C(/C)C(=N)c1cc(C)nc2c(OCc3c(Cl)ccnc3COC(C)=O)cccc12. The van der Waals surface area contributed by atoms with Gasteiger partial charge < -0.3 is 9.47 Å². The second-order valence-electron chi connectivity index (χ2n) is 7.10. The number of para-hydroxylation sites is 1. The molecule has 3 aromatic rings. The van der Waals surface area contributed by atoms with Gasteiger partial charge in [-0.2, -0.15) is 0 Å². The Balaban J connectivity index is 1.98. The molecule has 0 bridgehead atoms. The van der Waals surface area contributed by atoms with E-state index in [1.807, 2.05) is 51.1 Å². The van der Waals surface area contributed by atoms with Gasteiger partial charge in [0.2, 0.25) is 0 Å². The zero-order valence-electron chi connectivity index (χ0n) is 18.0. The lowest BCUT2D eigenvalue weighted by Crippen LogP contribution is -2.08. The van der Waals surface area contributed by atoms with Gasteiger partial charge in [0, 0.05) is 35.3 Å². The van der Waals surface area contributed by atoms with Crippen molar-refractivity contribution < 1.29 is 14.3 Å². The topological polar surface area (TPSA) is 85.2 Å². The van der Waals surface area contributed by atoms with Gasteiger partial charge in [-0.25, -0.2) is 4.98 Å². The molecule has 0 spiro atoms. The third-order valence-electron chi connectivity index (χ3n) is 4.90. The van der Waals surface area contributed by atoms with E-state index in [0.717, 1.165) is 22.2 Å². The highest BCUT2D eigenvalue weighted by atomic mass is 35.5. The number of nitrogens with zero attached hydrogens (tertiary/aromatic N) is 2. The van der Waals surface area contributed by atoms with Crippen molar-refractivity contribution in [3.8, 4) is 5.75 Å². The zero-order valence-corrected chi connectivity index (χ0v) is 18.7. The molecule has 0 saturated carbocycles. The number of allylic oxidation sites excluding steroid dienone is 2. The van der Waals surface area contributed by atoms with Crippen LogP contribution in [-0.2, 0) is 22.7 Å². The smallest absolute Gasteiger partial charge is 0.303 e. The van der Waals surface area contributed by atoms with E-state index in [4.69, 9.17) is 26.5 Å². The molecule has 0 saturated heterocycles. The predicted molar refractivity (Wildman–Crippen MR) is 122 cm³/mol. The molecule has 1 aromatic carbocycles. The first-order valence-corrected chi connectivity index (χ1v) is 10.2. The number of benzene rings is 1. The number of carbonyl (C=O) groups excluding carboxylic acids is 1. The standard InChI is InChI=1S/C24H24ClN3O3/c1-5-14(2)23(26)18-11-15(3)28-24-17(18)7-6-8-22(24)31-12-19-20(25)9-10-27-21(19)13-30-16(4)29/h5-11,26H,12-13H2,1-4H3/b14-5-,26-23?. The fourth-order valence-corrected chi connectivity index (χ4v) is 3.36. The van der Waals surface area contributed by atoms with Crippen LogP contribution in [-0.4, -0.2) is 21.6 Å². The molecule has 0 fully saturated rings. The highest BCUT2D eigenvalue weighted by molar-refractivity contribution is 6.31. The fraction of sp³-hybridized carbons (Fsp3) is 0.250. The van der Waals surface area contributed by atoms with E-state index in [1.54, 1.807) is 12.3 Å². The molecule has 0 radical (unpaired) electrons. The minimum atomic E-state index is -0.395. The maximum atomic E-state index is 11.2. The van der Waals surface area contributed by atoms with E-state index in [2.05, 4.69) is 9.97 Å². The molecule has 31 heavy (non-hydrogen) atoms. The molecule has 1 N–H and O–H groups in total. The van der Waals surface area contributed by atoms with Crippen molar-refractivity contribution in [2.24, 2.45) is 0 Å². The van der Waals surface area contributed by atoms with Gasteiger partial charge in [-0.1, -0.05) is 29.8 Å². The first-order chi connectivity index (χ1) is 14.8. The number of ether oxygens (including phenoxy) is 2. The summed E-state index contributed by atoms with van der Waals surface area (Å²) in [4.78, 5) is 20.1. The summed E-state index contributed by atoms with van der Waals surface area (Å²) in [6, 6.07) is 9.23. The molecule has 0 atom stereocenters. The monoisotopic (exact) mass is 437 g/mol. The number of esters is 1. The Morgan fingerprint density at radius 2 is 2.00 bits per heavy atom. The van der Waals surface area contributed by atoms with Gasteiger partial charge in [0.05, 0.1) is 16.4 Å². The maximum Gasteiger partial charge on any atom is 0.303 e. The number of aromatic nitrogens is 2. The van der Waals surface area contributed by atoms with Crippen molar-refractivity contribution >= 4 is 34.2 Å². The van der Waals surface area contributed by atoms with Crippen LogP contribution >= 0.6 is 11.6 Å². The van der Waals surface area contributed by atoms with E-state index >= 15 is 0 Å². The summed E-state index contributed by atoms with van der Waals surface area (Å²) < 4.78 is 11.2. The van der Waals surface area contributed by atoms with Gasteiger partial charge in [-0.05, 0) is 44.5 Å². The van der Waals surface area contributed by atoms with Crippen LogP contribution in [0.3, 0.4) is 0 Å². The Morgan fingerprint density at radius 3 is 2.71 bits per heavy atom. The summed E-state index contributed by atoms with van der Waals surface area (Å²) in [5, 5.41) is 9.87. The first kappa shape index (κ1) is 22.4. The van der Waals surface area contributed by atoms with Gasteiger partial charge in [-0.3, -0.25) is 15.2 Å². The third kappa shape index (κ3) is 5.09. The summed E-state index contributed by atoms with van der Waals surface area (Å²) >= 11 is 6.36. The molecule has 3 rings (SSSR count). The lowest BCUT2D eigenvalue weighted by molar-refractivity contribution is -0.142. The van der Waals surface area contributed by atoms with Gasteiger partial charge in [0.25, 0.3) is 0 Å². The second-order valence-corrected chi connectivity index (χ2v) is 7.50. The van der Waals surface area contributed by atoms with Crippen LogP contribution in [0.25, 0.3) is 10.9 Å². The molecular weight excluding hydrogens is 414 g/mol. The van der Waals surface area contributed by atoms with E-state index in [9.17, 15) is 4.79 Å². The van der Waals surface area contributed by atoms with Crippen LogP contribution in [0.5, 0.6) is 5.75 Å². The van der Waals surface area contributed by atoms with Crippen LogP contribution in [0, 0.1) is 12.3 Å². The minimum Gasteiger partial charge on any atom is -0.486 e. The van der Waals surface area contributed by atoms with Gasteiger partial charge in [0.15, 0.2) is 0 Å². The number of carbonyl (C=O) groups is 1. The van der Waals surface area contributed by atoms with Crippen molar-refractivity contribution in [2.45, 2.75) is 40.9 Å². The van der Waals surface area contributed by atoms with E-state index in [-0.39, 0.29) is 13.2 Å². The Bertz CT molecular complexity index is 1190. The molecule has 0 unspecified atom stereocenters. The fourth-order valence-electron chi connectivity index (χ4n) is 3.14. The summed E-state index contributed by atoms with van der Waals surface area (Å²) in [6.07, 6.45) is 3.48. The summed E-state index contributed by atoms with van der Waals surface area (Å²) in [5.41, 5.74) is 4.80. The summed E-state index contributed by atoms with van der Waals surface area (Å²) in [5.74, 6) is 0.181. The molecule has 0 aliphatic carbocycles. The number of hydrogen-bond acceptors (Lipinski definition) is 6. The summed E-state index contributed by atoms with van der Waals surface area (Å²) in [6.45, 7) is 7.23. The molecule has 7 heteroatoms. The van der Waals surface area contributed by atoms with Crippen LogP contribution in [0.4, 0.5) is 0 Å². The minimum absolute atomic E-state index is 0.0193. The average molecular weight is 438 g/mol. The van der Waals surface area contributed by atoms with Crippen molar-refractivity contribution in [3.05, 3.63) is 75.7 Å². The number of nitrogens with one attached hydrogen (secondary N) is 1. The molecule has 0 amide bonds. The van der Waals surface area contributed by atoms with Crippen LogP contribution in [0.1, 0.15) is 43.3 Å². The van der Waals surface area contributed by atoms with Gasteiger partial charge in [0.1, 0.15) is 24.5 Å². The predicted octanol–water partition coefficient (Wildman–Crippen LogP) is 5.57. The number of halogens is 1. The molecular formula is C24H24ClN3O3. The number of hydrogen-bond donors (Lipinski definition) is 1. The highest BCUT2D eigenvalue weighted by Gasteiger charge is 2.15. The Kier molecular flexibility index (Phi) is 7.02. The Labute approximate surface area is 186 Å². The average Bonchev–Trinajstić information content (AvgIpc) is 2.75. The Morgan fingerprint density at radius 1 is 1.23 bits per heavy atom. The highest BCUT2D eigenvalue weighted by Crippen LogP contribution is 2.30. The lowest BCUT2D eigenvalue weighted by atomic mass is 9.98. The summed E-state index contributed by atoms with van der Waals surface area (Å²) in [7, 11) is 0. The molecule has 2 aromatic heterocycles. The number of pyridine rings is 2. The maximum absolute atomic E-state index is 11.2. The van der Waals surface area contributed by atoms with Crippen molar-refractivity contribution in [1.29, 1.82) is 5.41 Å². The van der Waals surface area contributed by atoms with Crippen LogP contribution in [0.2, 0.25) is 5.02 Å². The van der Waals surface area contributed by atoms with Crippen molar-refractivity contribution in [3.63, 3.8) is 0 Å². The largest absolute Gasteiger partial charge is 0.486 e. The molecule has 2 heterocycles. The van der Waals surface area contributed by atoms with Gasteiger partial charge in [-0.15, -0.1) is 0 Å². The number of rotatable bonds is 7. The zero-order chi connectivity index (χ0) is 22.5. The molecule has 160 valence electrons. The van der Waals surface area contributed by atoms with Crippen LogP contribution < -0.4 is 4.74 Å². The number of fused-ring (bicyclic) bond motifs is 1. The third-order valence-corrected chi connectivity index (χ3v) is 5.25. The molecule has 0 aliphatic rings. The van der Waals surface area contributed by atoms with E-state index < -0.39 is 5.97 Å². The van der Waals surface area contributed by atoms with E-state index in [0.29, 0.717) is 33.3 Å². The van der Waals surface area contributed by atoms with Crippen molar-refractivity contribution in [2.75, 3.05) is 0 Å².